The summed E-state index contributed by atoms with van der Waals surface area (Å²) in [5.74, 6) is -2.22. The fraction of sp³-hybridized carbons (Fsp3) is 0.652. The van der Waals surface area contributed by atoms with Crippen molar-refractivity contribution in [2.75, 3.05) is 53.4 Å². The summed E-state index contributed by atoms with van der Waals surface area (Å²) in [6, 6.07) is 4.17. The number of carbonyl (C=O) groups is 2. The molecule has 0 aliphatic carbocycles. The van der Waals surface area contributed by atoms with Crippen molar-refractivity contribution in [1.29, 1.82) is 0 Å². The van der Waals surface area contributed by atoms with Crippen LogP contribution in [0.15, 0.2) is 18.2 Å². The molecule has 0 atom stereocenters. The second-order valence-corrected chi connectivity index (χ2v) is 7.46. The van der Waals surface area contributed by atoms with Crippen molar-refractivity contribution in [1.82, 2.24) is 4.90 Å². The Balaban J connectivity index is -0.000000391. The van der Waals surface area contributed by atoms with Gasteiger partial charge in [0, 0.05) is 0 Å². The molecule has 0 unspecified atom stereocenters. The van der Waals surface area contributed by atoms with Crippen molar-refractivity contribution in [3.05, 3.63) is 34.9 Å². The lowest BCUT2D eigenvalue weighted by atomic mass is 10.0. The maximum Gasteiger partial charge on any atom is 0.335 e. The molecule has 0 saturated heterocycles. The van der Waals surface area contributed by atoms with Crippen LogP contribution in [0.3, 0.4) is 0 Å². The zero-order valence-electron chi connectivity index (χ0n) is 20.8. The van der Waals surface area contributed by atoms with Crippen LogP contribution < -0.4 is 28.7 Å². The lowest BCUT2D eigenvalue weighted by molar-refractivity contribution is 0.0696. The molecule has 0 aromatic heterocycles. The number of nitrogens with two attached hydrogens (primary N) is 5. The summed E-state index contributed by atoms with van der Waals surface area (Å²) >= 11 is 0. The van der Waals surface area contributed by atoms with Gasteiger partial charge in [0.2, 0.25) is 0 Å². The van der Waals surface area contributed by atoms with E-state index in [1.807, 2.05) is 0 Å². The van der Waals surface area contributed by atoms with Crippen LogP contribution in [-0.2, 0) is 0 Å². The van der Waals surface area contributed by atoms with Gasteiger partial charge in [0.15, 0.2) is 0 Å². The van der Waals surface area contributed by atoms with Crippen LogP contribution in [0.5, 0.6) is 0 Å². The number of nitrogens with zero attached hydrogens (tertiary/aromatic N) is 1. The lowest BCUT2D eigenvalue weighted by Gasteiger charge is -2.05. The first-order valence-corrected chi connectivity index (χ1v) is 11.4. The summed E-state index contributed by atoms with van der Waals surface area (Å²) in [7, 11) is 4.10. The van der Waals surface area contributed by atoms with Crippen molar-refractivity contribution >= 4 is 11.9 Å². The van der Waals surface area contributed by atoms with E-state index >= 15 is 0 Å². The molecule has 1 aromatic rings. The maximum atomic E-state index is 10.6. The zero-order chi connectivity index (χ0) is 26.1. The lowest BCUT2D eigenvalue weighted by Crippen LogP contribution is -2.16. The average molecular weight is 473 g/mol. The Bertz CT molecular complexity index is 560. The fourth-order valence-electron chi connectivity index (χ4n) is 2.27. The Morgan fingerprint density at radius 1 is 0.697 bits per heavy atom. The molecule has 0 bridgehead atoms. The molecule has 12 N–H and O–H groups in total. The second kappa shape index (κ2) is 26.2. The van der Waals surface area contributed by atoms with Crippen LogP contribution in [0.1, 0.15) is 64.8 Å². The highest BCUT2D eigenvalue weighted by atomic mass is 16.4. The summed E-state index contributed by atoms with van der Waals surface area (Å²) in [6.07, 6.45) is 6.84. The predicted molar refractivity (Wildman–Crippen MR) is 137 cm³/mol. The van der Waals surface area contributed by atoms with Crippen LogP contribution in [0.4, 0.5) is 0 Å². The molecular weight excluding hydrogens is 424 g/mol. The third-order valence-corrected chi connectivity index (χ3v) is 4.17. The number of hydrogen-bond acceptors (Lipinski definition) is 8. The van der Waals surface area contributed by atoms with Gasteiger partial charge in [-0.25, -0.2) is 9.59 Å². The number of rotatable bonds is 12. The minimum atomic E-state index is -1.11. The number of hydrogen-bond donors (Lipinski definition) is 7. The summed E-state index contributed by atoms with van der Waals surface area (Å²) in [6.45, 7) is 6.48. The Morgan fingerprint density at radius 3 is 1.27 bits per heavy atom. The molecule has 0 radical (unpaired) electrons. The third kappa shape index (κ3) is 24.4. The quantitative estimate of drug-likeness (QED) is 0.215. The molecular formula is C23H48N6O4. The van der Waals surface area contributed by atoms with E-state index in [0.717, 1.165) is 65.0 Å². The van der Waals surface area contributed by atoms with Gasteiger partial charge in [0.25, 0.3) is 0 Å². The van der Waals surface area contributed by atoms with E-state index in [1.165, 1.54) is 38.0 Å². The van der Waals surface area contributed by atoms with Gasteiger partial charge < -0.3 is 43.8 Å². The summed E-state index contributed by atoms with van der Waals surface area (Å²) in [5.41, 5.74) is 26.3. The van der Waals surface area contributed by atoms with Gasteiger partial charge in [-0.15, -0.1) is 0 Å². The molecule has 194 valence electrons. The van der Waals surface area contributed by atoms with Gasteiger partial charge in [-0.1, -0.05) is 18.9 Å². The van der Waals surface area contributed by atoms with Crippen molar-refractivity contribution in [2.45, 2.75) is 45.4 Å². The zero-order valence-corrected chi connectivity index (χ0v) is 20.8. The molecule has 0 fully saturated rings. The Morgan fingerprint density at radius 2 is 1.06 bits per heavy atom. The molecule has 0 amide bonds. The highest BCUT2D eigenvalue weighted by molar-refractivity contribution is 5.96. The Labute approximate surface area is 199 Å². The second-order valence-electron chi connectivity index (χ2n) is 7.46. The molecule has 0 aliphatic heterocycles. The minimum absolute atomic E-state index is 0.0277. The van der Waals surface area contributed by atoms with E-state index in [-0.39, 0.29) is 16.7 Å². The van der Waals surface area contributed by atoms with Crippen molar-refractivity contribution < 1.29 is 19.8 Å². The van der Waals surface area contributed by atoms with E-state index in [4.69, 9.17) is 38.9 Å². The first-order valence-electron chi connectivity index (χ1n) is 11.4. The maximum absolute atomic E-state index is 10.6. The third-order valence-electron chi connectivity index (χ3n) is 4.17. The normalized spacial score (nSPS) is 9.61. The highest BCUT2D eigenvalue weighted by Gasteiger charge is 2.13. The van der Waals surface area contributed by atoms with E-state index in [1.54, 1.807) is 0 Å². The molecule has 10 nitrogen and oxygen atoms in total. The number of unbranched alkanes of at least 4 members (excludes halogenated alkanes) is 3. The molecule has 10 heteroatoms. The first kappa shape index (κ1) is 35.5. The monoisotopic (exact) mass is 472 g/mol. The standard InChI is InChI=1S/C9H8O4.C6H16N2.C5H14N2.C3H10N2/c1-5-6(8(10)11)3-2-4-7(5)9(12)13;7-5-3-1-2-4-6-8;1-7(2)5-3-4-6;4-2-1-3-5/h2-4H,1H3,(H,10,11)(H,12,13);1-8H2;3-6H2,1-2H3;1-5H2. The summed E-state index contributed by atoms with van der Waals surface area (Å²) in [5, 5.41) is 17.4. The van der Waals surface area contributed by atoms with Crippen LogP contribution in [0.2, 0.25) is 0 Å². The van der Waals surface area contributed by atoms with Gasteiger partial charge in [0.05, 0.1) is 11.1 Å². The molecule has 0 spiro atoms. The smallest absolute Gasteiger partial charge is 0.335 e. The molecule has 0 heterocycles. The van der Waals surface area contributed by atoms with E-state index in [0.29, 0.717) is 0 Å². The van der Waals surface area contributed by atoms with E-state index < -0.39 is 11.9 Å². The first-order chi connectivity index (χ1) is 15.6. The van der Waals surface area contributed by atoms with Gasteiger partial charge >= 0.3 is 11.9 Å². The number of carboxylic acid groups (broad SMARTS) is 2. The highest BCUT2D eigenvalue weighted by Crippen LogP contribution is 2.13. The fourth-order valence-corrected chi connectivity index (χ4v) is 2.27. The van der Waals surface area contributed by atoms with Crippen LogP contribution >= 0.6 is 0 Å². The van der Waals surface area contributed by atoms with E-state index in [2.05, 4.69) is 19.0 Å². The number of benzene rings is 1. The van der Waals surface area contributed by atoms with Crippen molar-refractivity contribution in [3.63, 3.8) is 0 Å². The average Bonchev–Trinajstić information content (AvgIpc) is 2.77. The van der Waals surface area contributed by atoms with Crippen molar-refractivity contribution in [3.8, 4) is 0 Å². The van der Waals surface area contributed by atoms with Crippen molar-refractivity contribution in [2.24, 2.45) is 28.7 Å². The Kier molecular flexibility index (Phi) is 28.2. The molecule has 0 aliphatic rings. The van der Waals surface area contributed by atoms with Crippen LogP contribution in [0.25, 0.3) is 0 Å². The van der Waals surface area contributed by atoms with Gasteiger partial charge in [-0.05, 0) is 104 Å². The van der Waals surface area contributed by atoms with Crippen LogP contribution in [0, 0.1) is 6.92 Å². The molecule has 0 saturated carbocycles. The number of carboxylic acids is 2. The van der Waals surface area contributed by atoms with Gasteiger partial charge in [-0.2, -0.15) is 0 Å². The van der Waals surface area contributed by atoms with E-state index in [9.17, 15) is 9.59 Å². The summed E-state index contributed by atoms with van der Waals surface area (Å²) in [4.78, 5) is 23.3. The topological polar surface area (TPSA) is 208 Å². The predicted octanol–water partition coefficient (Wildman–Crippen LogP) is 1.05. The Hall–Kier alpha value is -2.08. The largest absolute Gasteiger partial charge is 0.478 e. The summed E-state index contributed by atoms with van der Waals surface area (Å²) < 4.78 is 0. The van der Waals surface area contributed by atoms with Crippen LogP contribution in [-0.4, -0.2) is 80.4 Å². The molecule has 1 rings (SSSR count). The SMILES string of the molecule is CN(C)CCCN.Cc1c(C(=O)O)cccc1C(=O)O.NCCCCCCN.NCCCN. The van der Waals surface area contributed by atoms with Gasteiger partial charge in [-0.3, -0.25) is 0 Å². The van der Waals surface area contributed by atoms with Gasteiger partial charge in [0.1, 0.15) is 0 Å². The minimum Gasteiger partial charge on any atom is -0.478 e. The number of aromatic carboxylic acids is 2. The molecule has 33 heavy (non-hydrogen) atoms. The molecule has 1 aromatic carbocycles.